The van der Waals surface area contributed by atoms with Crippen LogP contribution in [-0.2, 0) is 19.6 Å². The van der Waals surface area contributed by atoms with Crippen LogP contribution in [-0.4, -0.2) is 20.7 Å². The molecule has 2 heterocycles. The van der Waals surface area contributed by atoms with Crippen molar-refractivity contribution in [2.24, 2.45) is 7.05 Å². The number of anilines is 1. The summed E-state index contributed by atoms with van der Waals surface area (Å²) in [5.74, 6) is -0.260. The Labute approximate surface area is 164 Å². The van der Waals surface area contributed by atoms with Crippen molar-refractivity contribution in [1.82, 2.24) is 14.8 Å². The largest absolute Gasteiger partial charge is 0.416 e. The van der Waals surface area contributed by atoms with Crippen molar-refractivity contribution in [2.45, 2.75) is 32.4 Å². The normalized spacial score (nSPS) is 11.8. The van der Waals surface area contributed by atoms with E-state index in [2.05, 4.69) is 15.4 Å². The van der Waals surface area contributed by atoms with E-state index in [0.29, 0.717) is 27.0 Å². The lowest BCUT2D eigenvalue weighted by Crippen LogP contribution is -2.16. The van der Waals surface area contributed by atoms with E-state index in [0.717, 1.165) is 12.1 Å². The van der Waals surface area contributed by atoms with Crippen molar-refractivity contribution in [3.8, 4) is 0 Å². The van der Waals surface area contributed by atoms with Gasteiger partial charge in [0.2, 0.25) is 0 Å². The first-order valence-corrected chi connectivity index (χ1v) is 9.42. The average molecular weight is 408 g/mol. The molecule has 0 bridgehead atoms. The van der Waals surface area contributed by atoms with Gasteiger partial charge in [0, 0.05) is 19.7 Å². The maximum Gasteiger partial charge on any atom is 0.416 e. The van der Waals surface area contributed by atoms with Gasteiger partial charge in [-0.1, -0.05) is 32.0 Å². The molecular formula is C19H19F3N4OS. The van der Waals surface area contributed by atoms with Gasteiger partial charge in [0.1, 0.15) is 10.7 Å². The third-order valence-electron chi connectivity index (χ3n) is 4.13. The molecule has 0 spiro atoms. The Kier molecular flexibility index (Phi) is 5.55. The van der Waals surface area contributed by atoms with Crippen LogP contribution in [0.5, 0.6) is 0 Å². The van der Waals surface area contributed by atoms with Crippen molar-refractivity contribution in [1.29, 1.82) is 0 Å². The van der Waals surface area contributed by atoms with Crippen molar-refractivity contribution < 1.29 is 18.0 Å². The van der Waals surface area contributed by atoms with Gasteiger partial charge in [-0.05, 0) is 23.6 Å². The molecule has 1 amide bonds. The summed E-state index contributed by atoms with van der Waals surface area (Å²) in [5, 5.41) is 8.07. The molecule has 1 aromatic carbocycles. The van der Waals surface area contributed by atoms with E-state index in [1.54, 1.807) is 19.2 Å². The number of nitrogens with one attached hydrogen (secondary N) is 1. The quantitative estimate of drug-likeness (QED) is 0.656. The van der Waals surface area contributed by atoms with E-state index in [4.69, 9.17) is 0 Å². The van der Waals surface area contributed by atoms with E-state index < -0.39 is 11.7 Å². The van der Waals surface area contributed by atoms with Gasteiger partial charge in [-0.25, -0.2) is 4.98 Å². The van der Waals surface area contributed by atoms with Gasteiger partial charge in [-0.15, -0.1) is 11.3 Å². The zero-order valence-electron chi connectivity index (χ0n) is 15.5. The summed E-state index contributed by atoms with van der Waals surface area (Å²) >= 11 is 1.27. The van der Waals surface area contributed by atoms with Crippen LogP contribution in [0.3, 0.4) is 0 Å². The van der Waals surface area contributed by atoms with Crippen molar-refractivity contribution in [3.63, 3.8) is 0 Å². The van der Waals surface area contributed by atoms with Crippen LogP contribution in [0.1, 0.15) is 52.1 Å². The van der Waals surface area contributed by atoms with E-state index in [-0.39, 0.29) is 18.2 Å². The number of carbonyl (C=O) groups is 1. The zero-order valence-corrected chi connectivity index (χ0v) is 16.4. The van der Waals surface area contributed by atoms with Gasteiger partial charge in [0.15, 0.2) is 0 Å². The van der Waals surface area contributed by atoms with Gasteiger partial charge < -0.3 is 5.32 Å². The van der Waals surface area contributed by atoms with Gasteiger partial charge in [-0.2, -0.15) is 18.3 Å². The van der Waals surface area contributed by atoms with Crippen LogP contribution < -0.4 is 5.32 Å². The second-order valence-corrected chi connectivity index (χ2v) is 7.73. The van der Waals surface area contributed by atoms with Gasteiger partial charge in [-0.3, -0.25) is 9.48 Å². The maximum absolute atomic E-state index is 12.9. The number of aryl methyl sites for hydroxylation is 1. The van der Waals surface area contributed by atoms with Crippen molar-refractivity contribution in [2.75, 3.05) is 5.32 Å². The van der Waals surface area contributed by atoms with E-state index in [9.17, 15) is 18.0 Å². The van der Waals surface area contributed by atoms with Crippen molar-refractivity contribution >= 4 is 22.2 Å². The predicted molar refractivity (Wildman–Crippen MR) is 102 cm³/mol. The molecule has 0 saturated heterocycles. The molecule has 0 radical (unpaired) electrons. The standard InChI is InChI=1S/C19H19F3N4OS/c1-11(2)16-18(25-17(27)14-7-8-23-26(14)3)28-15(24-16)10-12-5-4-6-13(9-12)19(20,21)22/h4-9,11H,10H2,1-3H3,(H,25,27). The van der Waals surface area contributed by atoms with Crippen molar-refractivity contribution in [3.05, 3.63) is 64.1 Å². The highest BCUT2D eigenvalue weighted by Gasteiger charge is 2.30. The number of carbonyl (C=O) groups excluding carboxylic acids is 1. The molecule has 0 aliphatic rings. The molecule has 0 saturated carbocycles. The first-order chi connectivity index (χ1) is 13.1. The van der Waals surface area contributed by atoms with E-state index >= 15 is 0 Å². The molecule has 5 nitrogen and oxygen atoms in total. The molecule has 148 valence electrons. The molecule has 3 rings (SSSR count). The van der Waals surface area contributed by atoms with E-state index in [1.165, 1.54) is 28.3 Å². The fourth-order valence-electron chi connectivity index (χ4n) is 2.73. The minimum Gasteiger partial charge on any atom is -0.311 e. The smallest absolute Gasteiger partial charge is 0.311 e. The summed E-state index contributed by atoms with van der Waals surface area (Å²) in [6.07, 6.45) is -2.59. The number of amides is 1. The summed E-state index contributed by atoms with van der Waals surface area (Å²) in [5.41, 5.74) is 0.948. The first kappa shape index (κ1) is 20.1. The number of hydrogen-bond acceptors (Lipinski definition) is 4. The van der Waals surface area contributed by atoms with E-state index in [1.807, 2.05) is 13.8 Å². The lowest BCUT2D eigenvalue weighted by atomic mass is 10.1. The van der Waals surface area contributed by atoms with Crippen LogP contribution in [0.15, 0.2) is 36.5 Å². The van der Waals surface area contributed by atoms with Crippen LogP contribution in [0.2, 0.25) is 0 Å². The zero-order chi connectivity index (χ0) is 20.5. The number of thiazole rings is 1. The number of benzene rings is 1. The Morgan fingerprint density at radius 1 is 1.29 bits per heavy atom. The SMILES string of the molecule is CC(C)c1nc(Cc2cccc(C(F)(F)F)c2)sc1NC(=O)c1ccnn1C. The highest BCUT2D eigenvalue weighted by atomic mass is 32.1. The molecule has 2 aromatic heterocycles. The first-order valence-electron chi connectivity index (χ1n) is 8.60. The third kappa shape index (κ3) is 4.41. The summed E-state index contributed by atoms with van der Waals surface area (Å²) in [6, 6.07) is 6.81. The topological polar surface area (TPSA) is 59.8 Å². The van der Waals surface area contributed by atoms with Gasteiger partial charge in [0.25, 0.3) is 5.91 Å². The number of hydrogen-bond donors (Lipinski definition) is 1. The fourth-order valence-corrected chi connectivity index (χ4v) is 3.88. The minimum absolute atomic E-state index is 0.0494. The Morgan fingerprint density at radius 3 is 2.64 bits per heavy atom. The maximum atomic E-state index is 12.9. The Hall–Kier alpha value is -2.68. The summed E-state index contributed by atoms with van der Waals surface area (Å²) in [7, 11) is 1.67. The van der Waals surface area contributed by atoms with Gasteiger partial charge in [0.05, 0.1) is 16.3 Å². The predicted octanol–water partition coefficient (Wildman–Crippen LogP) is 4.86. The molecule has 0 fully saturated rings. The molecular weight excluding hydrogens is 389 g/mol. The molecule has 0 atom stereocenters. The van der Waals surface area contributed by atoms with Crippen LogP contribution >= 0.6 is 11.3 Å². The lowest BCUT2D eigenvalue weighted by molar-refractivity contribution is -0.137. The number of nitrogens with zero attached hydrogens (tertiary/aromatic N) is 3. The number of alkyl halides is 3. The number of halogens is 3. The Balaban J connectivity index is 1.85. The molecule has 0 unspecified atom stereocenters. The Bertz CT molecular complexity index is 991. The van der Waals surface area contributed by atoms with Crippen LogP contribution in [0, 0.1) is 0 Å². The summed E-state index contributed by atoms with van der Waals surface area (Å²) in [4.78, 5) is 17.0. The second kappa shape index (κ2) is 7.75. The van der Waals surface area contributed by atoms with Gasteiger partial charge >= 0.3 is 6.18 Å². The molecule has 28 heavy (non-hydrogen) atoms. The highest BCUT2D eigenvalue weighted by Crippen LogP contribution is 2.33. The average Bonchev–Trinajstić information content (AvgIpc) is 3.20. The van der Waals surface area contributed by atoms with Crippen LogP contribution in [0.4, 0.5) is 18.2 Å². The highest BCUT2D eigenvalue weighted by molar-refractivity contribution is 7.16. The molecule has 3 aromatic rings. The number of rotatable bonds is 5. The number of aromatic nitrogens is 3. The van der Waals surface area contributed by atoms with Crippen LogP contribution in [0.25, 0.3) is 0 Å². The second-order valence-electron chi connectivity index (χ2n) is 6.65. The lowest BCUT2D eigenvalue weighted by Gasteiger charge is -2.07. The molecule has 0 aliphatic carbocycles. The molecule has 9 heteroatoms. The molecule has 0 aliphatic heterocycles. The summed E-state index contributed by atoms with van der Waals surface area (Å²) in [6.45, 7) is 3.89. The molecule has 1 N–H and O–H groups in total. The summed E-state index contributed by atoms with van der Waals surface area (Å²) < 4.78 is 40.2. The monoisotopic (exact) mass is 408 g/mol. The minimum atomic E-state index is -4.38. The Morgan fingerprint density at radius 2 is 2.04 bits per heavy atom. The fraction of sp³-hybridized carbons (Fsp3) is 0.316. The third-order valence-corrected chi connectivity index (χ3v) is 5.12.